The molecule has 2 aliphatic rings. The van der Waals surface area contributed by atoms with Crippen LogP contribution in [0.25, 0.3) is 5.76 Å². The highest BCUT2D eigenvalue weighted by Gasteiger charge is 2.48. The lowest BCUT2D eigenvalue weighted by Crippen LogP contribution is -2.30. The van der Waals surface area contributed by atoms with Crippen molar-refractivity contribution in [1.82, 2.24) is 0 Å². The van der Waals surface area contributed by atoms with Crippen molar-refractivity contribution in [2.75, 3.05) is 18.3 Å². The van der Waals surface area contributed by atoms with Gasteiger partial charge in [0.1, 0.15) is 11.5 Å². The van der Waals surface area contributed by atoms with Crippen molar-refractivity contribution >= 4 is 23.1 Å². The molecule has 1 fully saturated rings. The lowest BCUT2D eigenvalue weighted by molar-refractivity contribution is -0.132. The number of ether oxygens (including phenoxy) is 3. The Hall–Kier alpha value is -4.26. The van der Waals surface area contributed by atoms with Crippen LogP contribution in [0.15, 0.2) is 72.3 Å². The van der Waals surface area contributed by atoms with Crippen LogP contribution in [0.5, 0.6) is 17.2 Å². The summed E-state index contributed by atoms with van der Waals surface area (Å²) in [4.78, 5) is 28.6. The second kappa shape index (κ2) is 9.89. The Morgan fingerprint density at radius 2 is 1.71 bits per heavy atom. The van der Waals surface area contributed by atoms with Crippen LogP contribution in [0.1, 0.15) is 56.8 Å². The maximum atomic E-state index is 13.6. The molecule has 5 rings (SSSR count). The zero-order valence-corrected chi connectivity index (χ0v) is 22.0. The third kappa shape index (κ3) is 4.49. The normalized spacial score (nSPS) is 18.2. The number of carbonyl (C=O) groups excluding carboxylic acids is 2. The molecule has 0 spiro atoms. The van der Waals surface area contributed by atoms with Crippen LogP contribution in [0.4, 0.5) is 5.69 Å². The van der Waals surface area contributed by atoms with Gasteiger partial charge in [-0.3, -0.25) is 14.5 Å². The Bertz CT molecular complexity index is 1420. The predicted octanol–water partition coefficient (Wildman–Crippen LogP) is 6.13. The van der Waals surface area contributed by atoms with E-state index in [1.165, 1.54) is 4.90 Å². The molecule has 7 nitrogen and oxygen atoms in total. The number of para-hydroxylation sites is 2. The van der Waals surface area contributed by atoms with E-state index in [1.807, 2.05) is 37.3 Å². The number of amides is 1. The Kier molecular flexibility index (Phi) is 6.61. The number of fused-ring (bicyclic) bond motifs is 1. The summed E-state index contributed by atoms with van der Waals surface area (Å²) in [6.07, 6.45) is 0.787. The maximum absolute atomic E-state index is 13.6. The lowest BCUT2D eigenvalue weighted by Gasteiger charge is -2.28. The molecule has 0 saturated carbocycles. The van der Waals surface area contributed by atoms with Crippen LogP contribution in [0, 0.1) is 0 Å². The van der Waals surface area contributed by atoms with Gasteiger partial charge in [-0.2, -0.15) is 0 Å². The van der Waals surface area contributed by atoms with Gasteiger partial charge in [0.05, 0.1) is 23.9 Å². The summed E-state index contributed by atoms with van der Waals surface area (Å²) in [7, 11) is 0. The first-order chi connectivity index (χ1) is 18.2. The number of aliphatic hydroxyl groups excluding tert-OH is 1. The number of nitrogens with zero attached hydrogens (tertiary/aromatic N) is 1. The fraction of sp³-hybridized carbons (Fsp3) is 0.290. The number of ketones is 1. The highest BCUT2D eigenvalue weighted by atomic mass is 16.7. The summed E-state index contributed by atoms with van der Waals surface area (Å²) in [5, 5.41) is 11.5. The van der Waals surface area contributed by atoms with Crippen molar-refractivity contribution in [3.05, 3.63) is 89.0 Å². The number of anilines is 1. The van der Waals surface area contributed by atoms with Gasteiger partial charge in [-0.25, -0.2) is 0 Å². The predicted molar refractivity (Wildman–Crippen MR) is 145 cm³/mol. The molecule has 0 aliphatic carbocycles. The van der Waals surface area contributed by atoms with Gasteiger partial charge >= 0.3 is 0 Å². The van der Waals surface area contributed by atoms with Crippen molar-refractivity contribution in [3.8, 4) is 17.2 Å². The average molecular weight is 514 g/mol. The minimum Gasteiger partial charge on any atom is -0.507 e. The van der Waals surface area contributed by atoms with Crippen molar-refractivity contribution in [2.45, 2.75) is 45.6 Å². The molecular weight excluding hydrogens is 482 g/mol. The molecule has 1 amide bonds. The Labute approximate surface area is 222 Å². The summed E-state index contributed by atoms with van der Waals surface area (Å²) in [6.45, 7) is 8.90. The van der Waals surface area contributed by atoms with Gasteiger partial charge in [0, 0.05) is 5.56 Å². The summed E-state index contributed by atoms with van der Waals surface area (Å²) in [5.74, 6) is -0.261. The molecular formula is C31H31NO6. The molecule has 1 unspecified atom stereocenters. The topological polar surface area (TPSA) is 85.3 Å². The van der Waals surface area contributed by atoms with E-state index in [0.29, 0.717) is 40.7 Å². The van der Waals surface area contributed by atoms with Crippen LogP contribution < -0.4 is 19.1 Å². The summed E-state index contributed by atoms with van der Waals surface area (Å²) < 4.78 is 16.8. The van der Waals surface area contributed by atoms with Crippen molar-refractivity contribution in [3.63, 3.8) is 0 Å². The number of Topliss-reactive ketones (excluding diaryl/α,β-unsaturated/α-hetero) is 1. The number of hydrogen-bond acceptors (Lipinski definition) is 6. The van der Waals surface area contributed by atoms with Gasteiger partial charge in [0.15, 0.2) is 11.5 Å². The van der Waals surface area contributed by atoms with E-state index < -0.39 is 17.7 Å². The lowest BCUT2D eigenvalue weighted by atomic mass is 9.85. The number of carbonyl (C=O) groups is 2. The summed E-state index contributed by atoms with van der Waals surface area (Å²) in [5.41, 5.74) is 2.57. The fourth-order valence-electron chi connectivity index (χ4n) is 4.75. The van der Waals surface area contributed by atoms with Crippen LogP contribution in [-0.2, 0) is 15.0 Å². The van der Waals surface area contributed by atoms with Crippen LogP contribution in [0.3, 0.4) is 0 Å². The Morgan fingerprint density at radius 1 is 1.00 bits per heavy atom. The molecule has 2 heterocycles. The Morgan fingerprint density at radius 3 is 2.42 bits per heavy atom. The molecule has 1 N–H and O–H groups in total. The van der Waals surface area contributed by atoms with Gasteiger partial charge in [-0.05, 0) is 53.3 Å². The SMILES string of the molecule is CCCOc1ccccc1N1C(=O)C(=O)/C(=C(\O)c2ccc3c(c2)OCO3)C1c1ccc(C(C)(C)C)cc1. The van der Waals surface area contributed by atoms with E-state index >= 15 is 0 Å². The van der Waals surface area contributed by atoms with Gasteiger partial charge in [-0.15, -0.1) is 0 Å². The molecule has 1 saturated heterocycles. The first-order valence-electron chi connectivity index (χ1n) is 12.7. The van der Waals surface area contributed by atoms with Crippen LogP contribution in [0.2, 0.25) is 0 Å². The Balaban J connectivity index is 1.69. The molecule has 38 heavy (non-hydrogen) atoms. The van der Waals surface area contributed by atoms with Crippen molar-refractivity contribution in [1.29, 1.82) is 0 Å². The molecule has 0 bridgehead atoms. The third-order valence-corrected chi connectivity index (χ3v) is 6.77. The van der Waals surface area contributed by atoms with Crippen molar-refractivity contribution < 1.29 is 28.9 Å². The second-order valence-corrected chi connectivity index (χ2v) is 10.4. The van der Waals surface area contributed by atoms with Crippen LogP contribution >= 0.6 is 0 Å². The van der Waals surface area contributed by atoms with Crippen molar-refractivity contribution in [2.24, 2.45) is 0 Å². The molecule has 0 radical (unpaired) electrons. The zero-order chi connectivity index (χ0) is 27.0. The number of rotatable bonds is 6. The smallest absolute Gasteiger partial charge is 0.300 e. The molecule has 196 valence electrons. The molecule has 3 aromatic rings. The monoisotopic (exact) mass is 513 g/mol. The van der Waals surface area contributed by atoms with E-state index in [2.05, 4.69) is 20.8 Å². The van der Waals surface area contributed by atoms with Gasteiger partial charge < -0.3 is 19.3 Å². The van der Waals surface area contributed by atoms with Crippen LogP contribution in [-0.4, -0.2) is 30.2 Å². The third-order valence-electron chi connectivity index (χ3n) is 6.77. The molecule has 0 aromatic heterocycles. The molecule has 7 heteroatoms. The number of aliphatic hydroxyl groups is 1. The highest BCUT2D eigenvalue weighted by Crippen LogP contribution is 2.46. The quantitative estimate of drug-likeness (QED) is 0.243. The molecule has 1 atom stereocenters. The largest absolute Gasteiger partial charge is 0.507 e. The standard InChI is InChI=1S/C31H31NO6/c1-5-16-36-23-9-7-6-8-22(23)32-27(19-10-13-21(14-11-19)31(2,3)4)26(29(34)30(32)35)28(33)20-12-15-24-25(17-20)38-18-37-24/h6-15,17,27,33H,5,16,18H2,1-4H3/b28-26-. The summed E-state index contributed by atoms with van der Waals surface area (Å²) in [6, 6.07) is 19.0. The first kappa shape index (κ1) is 25.4. The fourth-order valence-corrected chi connectivity index (χ4v) is 4.75. The number of hydrogen-bond donors (Lipinski definition) is 1. The highest BCUT2D eigenvalue weighted by molar-refractivity contribution is 6.52. The second-order valence-electron chi connectivity index (χ2n) is 10.4. The van der Waals surface area contributed by atoms with E-state index in [-0.39, 0.29) is 23.5 Å². The van der Waals surface area contributed by atoms with E-state index in [1.54, 1.807) is 36.4 Å². The van der Waals surface area contributed by atoms with Gasteiger partial charge in [0.25, 0.3) is 11.7 Å². The minimum atomic E-state index is -0.860. The van der Waals surface area contributed by atoms with E-state index in [4.69, 9.17) is 14.2 Å². The van der Waals surface area contributed by atoms with Gasteiger partial charge in [0.2, 0.25) is 6.79 Å². The molecule has 3 aromatic carbocycles. The van der Waals surface area contributed by atoms with Gasteiger partial charge in [-0.1, -0.05) is 64.1 Å². The number of benzene rings is 3. The minimum absolute atomic E-state index is 0.00247. The van der Waals surface area contributed by atoms with E-state index in [9.17, 15) is 14.7 Å². The van der Waals surface area contributed by atoms with E-state index in [0.717, 1.165) is 12.0 Å². The zero-order valence-electron chi connectivity index (χ0n) is 22.0. The summed E-state index contributed by atoms with van der Waals surface area (Å²) >= 11 is 0. The average Bonchev–Trinajstić information content (AvgIpc) is 3.48. The first-order valence-corrected chi connectivity index (χ1v) is 12.7. The maximum Gasteiger partial charge on any atom is 0.300 e. The molecule has 2 aliphatic heterocycles.